The van der Waals surface area contributed by atoms with Crippen molar-refractivity contribution in [2.24, 2.45) is 100 Å². The van der Waals surface area contributed by atoms with Crippen LogP contribution in [0.4, 0.5) is 0 Å². The molecule has 0 radical (unpaired) electrons. The average molecular weight is 1690 g/mol. The highest BCUT2D eigenvalue weighted by Crippen LogP contribution is 2.92. The van der Waals surface area contributed by atoms with Gasteiger partial charge in [-0.3, -0.25) is 14.4 Å². The molecule has 0 amide bonds. The molecule has 119 heavy (non-hydrogen) atoms. The van der Waals surface area contributed by atoms with Gasteiger partial charge in [0.1, 0.15) is 67.1 Å². The summed E-state index contributed by atoms with van der Waals surface area (Å²) in [7, 11) is 0. The molecule has 13 N–H and O–H groups in total. The van der Waals surface area contributed by atoms with Crippen LogP contribution >= 0.6 is 0 Å². The van der Waals surface area contributed by atoms with Gasteiger partial charge < -0.3 is 128 Å². The van der Waals surface area contributed by atoms with Crippen molar-refractivity contribution in [3.8, 4) is 0 Å². The summed E-state index contributed by atoms with van der Waals surface area (Å²) >= 11 is 0. The van der Waals surface area contributed by atoms with Crippen molar-refractivity contribution in [2.75, 3.05) is 26.4 Å². The van der Waals surface area contributed by atoms with E-state index in [1.807, 2.05) is 0 Å². The summed E-state index contributed by atoms with van der Waals surface area (Å²) in [4.78, 5) is 36.6. The Kier molecular flexibility index (Phi) is 23.7. The molecule has 4 spiro atoms. The molecule has 29 nitrogen and oxygen atoms in total. The summed E-state index contributed by atoms with van der Waals surface area (Å²) in [5, 5.41) is 143. The van der Waals surface area contributed by atoms with Crippen molar-refractivity contribution in [2.45, 2.75) is 418 Å². The molecule has 6 heterocycles. The Balaban J connectivity index is 0.000000186. The topological polar surface area (TPSA) is 434 Å². The molecule has 0 aromatic heterocycles. The minimum Gasteiger partial charge on any atom is -0.455 e. The van der Waals surface area contributed by atoms with E-state index in [1.54, 1.807) is 0 Å². The molecule has 10 saturated carbocycles. The van der Waals surface area contributed by atoms with E-state index >= 15 is 0 Å². The van der Waals surface area contributed by atoms with Crippen molar-refractivity contribution in [3.05, 3.63) is 0 Å². The molecule has 29 heteroatoms. The van der Waals surface area contributed by atoms with Crippen molar-refractivity contribution in [3.63, 3.8) is 0 Å². The second-order valence-corrected chi connectivity index (χ2v) is 45.3. The molecule has 16 rings (SSSR count). The summed E-state index contributed by atoms with van der Waals surface area (Å²) in [6, 6.07) is 0. The fourth-order valence-corrected chi connectivity index (χ4v) is 30.9. The molecule has 6 saturated heterocycles. The molecule has 16 fully saturated rings. The first-order chi connectivity index (χ1) is 55.2. The lowest BCUT2D eigenvalue weighted by Crippen LogP contribution is -2.65. The van der Waals surface area contributed by atoms with Gasteiger partial charge in [-0.2, -0.15) is 0 Å². The number of hydrogen-bond acceptors (Lipinski definition) is 29. The Labute approximate surface area is 701 Å². The van der Waals surface area contributed by atoms with Gasteiger partial charge in [0.15, 0.2) is 43.5 Å². The van der Waals surface area contributed by atoms with Crippen molar-refractivity contribution < 1.29 is 142 Å². The normalized spacial score (nSPS) is 55.0. The maximum atomic E-state index is 12.4. The van der Waals surface area contributed by atoms with E-state index in [4.69, 9.17) is 61.6 Å². The van der Waals surface area contributed by atoms with Crippen LogP contribution in [0.5, 0.6) is 0 Å². The zero-order valence-electron chi connectivity index (χ0n) is 73.9. The Bertz CT molecular complexity index is 3720. The van der Waals surface area contributed by atoms with Crippen LogP contribution < -0.4 is 0 Å². The zero-order valence-corrected chi connectivity index (χ0v) is 73.9. The van der Waals surface area contributed by atoms with Gasteiger partial charge in [-0.25, -0.2) is 0 Å². The maximum absolute atomic E-state index is 12.4. The van der Waals surface area contributed by atoms with Crippen molar-refractivity contribution in [1.82, 2.24) is 0 Å². The van der Waals surface area contributed by atoms with Gasteiger partial charge in [0.05, 0.1) is 86.5 Å². The number of carbonyl (C=O) groups excluding carboxylic acids is 3. The van der Waals surface area contributed by atoms with Crippen LogP contribution in [0.15, 0.2) is 0 Å². The van der Waals surface area contributed by atoms with Crippen molar-refractivity contribution >= 4 is 17.9 Å². The number of ether oxygens (including phenoxy) is 13. The van der Waals surface area contributed by atoms with Gasteiger partial charge in [-0.05, 0) is 218 Å². The van der Waals surface area contributed by atoms with E-state index < -0.39 is 200 Å². The molecule has 0 aromatic carbocycles. The highest BCUT2D eigenvalue weighted by molar-refractivity contribution is 5.67. The summed E-state index contributed by atoms with van der Waals surface area (Å²) in [6.45, 7) is 38.0. The lowest BCUT2D eigenvalue weighted by atomic mass is 9.41. The molecule has 30 unspecified atom stereocenters. The van der Waals surface area contributed by atoms with E-state index in [-0.39, 0.29) is 115 Å². The van der Waals surface area contributed by atoms with Crippen LogP contribution in [0.25, 0.3) is 0 Å². The average Bonchev–Trinajstić information content (AvgIpc) is 1.46. The molecular formula is C90H146O29. The minimum absolute atomic E-state index is 0.0171. The first kappa shape index (κ1) is 91.2. The third-order valence-corrected chi connectivity index (χ3v) is 36.4. The standard InChI is InChI=1S/C46H74O15.C44H72O14/c1-22(48)56-34-25(51)20-55-39(35(34)57-23(2)49)60-30-12-14-46-21-45(46)16-15-42(8)36(44(10)13-11-29(61-44)40(3,4)5)24(50)18-43(42,9)28(45)17-26(37(46)41(30,6)7)58-38-33(54)32(53)31(52)27(19-47)59-38;1-21(46)54-33-29(49)23(48)19-53-37(33)57-28-11-13-44-20-43(44)15-14-40(7)34(42(9)12-10-27(58-42)38(2,3)4)22(47)17-41(40,8)26(43)16-24(35(44)39(28,5)6)55-36-32(52)31(51)30(50)25(18-45)56-36/h24-39,47,50-54H,11-21H2,1-10H3;22-37,45,47-52H,10-20H2,1-9H3/t24-,25?,26-,27?,28?,29?,30-,31?,32?,33?,34?,35?,36?,37?,38?,39?,42+,43-,44+,45?,46?;22-,23?,24-,25?,26?,27?,28-,29?,30?,31?,32?,33?,34?,35?,36?,37?,40+,41-,42+,43?,44?/m00/s1. The SMILES string of the molecule is CC(=O)OC1C(O)COC(O[C@H]2CCC34CC35CC[C@]3(C)C([C@@]6(C)CCC(C(C)(C)C)O6)[C@@H](O)C[C@@]3(C)C5C[C@H](OC3OC(CO)C(O)C(O)C3O)C4C2(C)C)C1OC(C)=O.CC(=O)OC1C(O[C@H]2CCC34CC35CC[C@]3(C)C([C@@]6(C)CCC(C(C)(C)C)O6)[C@@H](O)C[C@@]3(C)C5C[C@H](OC3OC(CO)C(O)C(O)C3O)C4C2(C)C)OCC(O)C1O. The fraction of sp³-hybridized carbons (Fsp3) is 0.967. The Morgan fingerprint density at radius 2 is 0.748 bits per heavy atom. The molecule has 42 atom stereocenters. The van der Waals surface area contributed by atoms with Crippen LogP contribution in [0.3, 0.4) is 0 Å². The Morgan fingerprint density at radius 1 is 0.378 bits per heavy atom. The van der Waals surface area contributed by atoms with Crippen LogP contribution in [0, 0.1) is 100 Å². The lowest BCUT2D eigenvalue weighted by molar-refractivity contribution is -0.339. The van der Waals surface area contributed by atoms with E-state index in [0.29, 0.717) is 38.5 Å². The minimum atomic E-state index is -1.61. The predicted molar refractivity (Wildman–Crippen MR) is 422 cm³/mol. The molecule has 6 aliphatic heterocycles. The van der Waals surface area contributed by atoms with Gasteiger partial charge in [0.2, 0.25) is 0 Å². The molecule has 0 bridgehead atoms. The fourth-order valence-electron chi connectivity index (χ4n) is 30.9. The second kappa shape index (κ2) is 30.9. The number of esters is 3. The molecule has 680 valence electrons. The number of hydrogen-bond donors (Lipinski definition) is 13. The highest BCUT2D eigenvalue weighted by atomic mass is 16.7. The third kappa shape index (κ3) is 14.0. The van der Waals surface area contributed by atoms with Crippen LogP contribution in [0.1, 0.15) is 247 Å². The van der Waals surface area contributed by atoms with Crippen LogP contribution in [-0.2, 0) is 76.0 Å². The number of carbonyl (C=O) groups is 3. The predicted octanol–water partition coefficient (Wildman–Crippen LogP) is 5.71. The Hall–Kier alpha value is -2.51. The second-order valence-electron chi connectivity index (χ2n) is 45.3. The summed E-state index contributed by atoms with van der Waals surface area (Å²) in [5.41, 5.74) is -3.98. The van der Waals surface area contributed by atoms with Gasteiger partial charge in [0.25, 0.3) is 0 Å². The largest absolute Gasteiger partial charge is 0.455 e. The monoisotopic (exact) mass is 1690 g/mol. The van der Waals surface area contributed by atoms with E-state index in [1.165, 1.54) is 20.8 Å². The lowest BCUT2D eigenvalue weighted by Gasteiger charge is -2.65. The van der Waals surface area contributed by atoms with Crippen LogP contribution in [-0.4, -0.2) is 281 Å². The van der Waals surface area contributed by atoms with E-state index in [0.717, 1.165) is 77.0 Å². The molecule has 0 aromatic rings. The zero-order chi connectivity index (χ0) is 87.0. The molecule has 10 aliphatic carbocycles. The Morgan fingerprint density at radius 3 is 1.12 bits per heavy atom. The summed E-state index contributed by atoms with van der Waals surface area (Å²) in [6.07, 6.45) is -12.6. The van der Waals surface area contributed by atoms with Gasteiger partial charge >= 0.3 is 17.9 Å². The quantitative estimate of drug-likeness (QED) is 0.0530. The van der Waals surface area contributed by atoms with E-state index in [2.05, 4.69) is 111 Å². The van der Waals surface area contributed by atoms with E-state index in [9.17, 15) is 80.8 Å². The smallest absolute Gasteiger partial charge is 0.303 e. The number of aliphatic hydroxyl groups is 13. The van der Waals surface area contributed by atoms with Gasteiger partial charge in [-0.15, -0.1) is 0 Å². The summed E-state index contributed by atoms with van der Waals surface area (Å²) in [5.74, 6) is -2.19. The van der Waals surface area contributed by atoms with Crippen LogP contribution in [0.2, 0.25) is 0 Å². The van der Waals surface area contributed by atoms with Gasteiger partial charge in [-0.1, -0.05) is 96.9 Å². The molecular weight excluding hydrogens is 1540 g/mol. The molecule has 16 aliphatic rings. The first-order valence-electron chi connectivity index (χ1n) is 44.9. The third-order valence-electron chi connectivity index (χ3n) is 36.4. The number of aliphatic hydroxyl groups excluding tert-OH is 13. The number of rotatable bonds is 15. The first-order valence-corrected chi connectivity index (χ1v) is 44.9. The maximum Gasteiger partial charge on any atom is 0.303 e. The van der Waals surface area contributed by atoms with Crippen molar-refractivity contribution in [1.29, 1.82) is 0 Å². The highest BCUT2D eigenvalue weighted by Gasteiger charge is 2.88. The summed E-state index contributed by atoms with van der Waals surface area (Å²) < 4.78 is 82.1. The number of fused-ring (bicyclic) bond motifs is 4. The van der Waals surface area contributed by atoms with Gasteiger partial charge in [0, 0.05) is 32.6 Å².